The van der Waals surface area contributed by atoms with Crippen LogP contribution in [0.4, 0.5) is 0 Å². The Morgan fingerprint density at radius 1 is 1.41 bits per heavy atom. The van der Waals surface area contributed by atoms with Crippen molar-refractivity contribution in [3.05, 3.63) is 29.3 Å². The van der Waals surface area contributed by atoms with Crippen LogP contribution < -0.4 is 4.74 Å². The van der Waals surface area contributed by atoms with Crippen molar-refractivity contribution >= 4 is 5.97 Å². The first-order valence-corrected chi connectivity index (χ1v) is 5.43. The van der Waals surface area contributed by atoms with Crippen LogP contribution in [0.25, 0.3) is 0 Å². The van der Waals surface area contributed by atoms with Crippen molar-refractivity contribution < 1.29 is 19.0 Å². The highest BCUT2D eigenvalue weighted by molar-refractivity contribution is 5.80. The zero-order chi connectivity index (χ0) is 12.6. The molecule has 0 amide bonds. The molecular formula is C13H16O4. The molecule has 0 aliphatic carbocycles. The van der Waals surface area contributed by atoms with Crippen molar-refractivity contribution in [2.24, 2.45) is 0 Å². The van der Waals surface area contributed by atoms with E-state index < -0.39 is 11.7 Å². The summed E-state index contributed by atoms with van der Waals surface area (Å²) in [7, 11) is 2.96. The summed E-state index contributed by atoms with van der Waals surface area (Å²) < 4.78 is 15.5. The van der Waals surface area contributed by atoms with Crippen LogP contribution in [0.3, 0.4) is 0 Å². The van der Waals surface area contributed by atoms with Crippen LogP contribution in [0.2, 0.25) is 0 Å². The summed E-state index contributed by atoms with van der Waals surface area (Å²) in [4.78, 5) is 11.5. The van der Waals surface area contributed by atoms with E-state index in [0.717, 1.165) is 16.9 Å². The molecule has 0 bridgehead atoms. The van der Waals surface area contributed by atoms with Gasteiger partial charge >= 0.3 is 5.97 Å². The Kier molecular flexibility index (Phi) is 2.83. The van der Waals surface area contributed by atoms with E-state index in [0.29, 0.717) is 0 Å². The fourth-order valence-corrected chi connectivity index (χ4v) is 2.01. The normalized spacial score (nSPS) is 26.5. The second-order valence-corrected chi connectivity index (χ2v) is 4.33. The molecule has 17 heavy (non-hydrogen) atoms. The number of methoxy groups -OCH3 is 2. The van der Waals surface area contributed by atoms with Crippen LogP contribution in [-0.2, 0) is 19.9 Å². The number of hydrogen-bond donors (Lipinski definition) is 0. The summed E-state index contributed by atoms with van der Waals surface area (Å²) >= 11 is 0. The molecule has 0 spiro atoms. The monoisotopic (exact) mass is 236 g/mol. The Hall–Kier alpha value is -1.55. The first kappa shape index (κ1) is 11.9. The number of carbonyl (C=O) groups excluding carboxylic acids is 1. The Bertz CT molecular complexity index is 455. The number of epoxide rings is 1. The molecule has 1 aromatic carbocycles. The van der Waals surface area contributed by atoms with Gasteiger partial charge in [0.15, 0.2) is 6.10 Å². The molecule has 0 N–H and O–H groups in total. The molecule has 0 aromatic heterocycles. The van der Waals surface area contributed by atoms with Gasteiger partial charge in [0.25, 0.3) is 0 Å². The van der Waals surface area contributed by atoms with Gasteiger partial charge in [0.05, 0.1) is 14.2 Å². The molecule has 2 rings (SSSR count). The zero-order valence-corrected chi connectivity index (χ0v) is 10.4. The van der Waals surface area contributed by atoms with E-state index in [9.17, 15) is 4.79 Å². The summed E-state index contributed by atoms with van der Waals surface area (Å²) in [6.45, 7) is 3.85. The number of aryl methyl sites for hydroxylation is 1. The van der Waals surface area contributed by atoms with E-state index in [-0.39, 0.29) is 5.97 Å². The lowest BCUT2D eigenvalue weighted by atomic mass is 9.95. The second kappa shape index (κ2) is 4.04. The van der Waals surface area contributed by atoms with Crippen LogP contribution in [0.1, 0.15) is 18.1 Å². The van der Waals surface area contributed by atoms with E-state index in [1.54, 1.807) is 7.11 Å². The van der Waals surface area contributed by atoms with Crippen molar-refractivity contribution in [2.45, 2.75) is 25.6 Å². The van der Waals surface area contributed by atoms with Crippen molar-refractivity contribution in [3.63, 3.8) is 0 Å². The topological polar surface area (TPSA) is 48.1 Å². The maximum Gasteiger partial charge on any atom is 0.338 e. The third-order valence-electron chi connectivity index (χ3n) is 3.11. The average molecular weight is 236 g/mol. The van der Waals surface area contributed by atoms with E-state index >= 15 is 0 Å². The SMILES string of the molecule is COC(=O)C1OC1(C)c1cc(C)ccc1OC. The fourth-order valence-electron chi connectivity index (χ4n) is 2.01. The number of ether oxygens (including phenoxy) is 3. The molecule has 0 saturated carbocycles. The van der Waals surface area contributed by atoms with Crippen LogP contribution >= 0.6 is 0 Å². The van der Waals surface area contributed by atoms with E-state index in [4.69, 9.17) is 14.2 Å². The minimum absolute atomic E-state index is 0.351. The van der Waals surface area contributed by atoms with Crippen molar-refractivity contribution in [3.8, 4) is 5.75 Å². The maximum atomic E-state index is 11.5. The van der Waals surface area contributed by atoms with Gasteiger partial charge in [-0.05, 0) is 26.0 Å². The molecule has 1 aromatic rings. The van der Waals surface area contributed by atoms with E-state index in [2.05, 4.69) is 0 Å². The largest absolute Gasteiger partial charge is 0.496 e. The van der Waals surface area contributed by atoms with Gasteiger partial charge in [0.2, 0.25) is 0 Å². The van der Waals surface area contributed by atoms with Crippen molar-refractivity contribution in [2.75, 3.05) is 14.2 Å². The van der Waals surface area contributed by atoms with Crippen molar-refractivity contribution in [1.29, 1.82) is 0 Å². The molecule has 1 fully saturated rings. The summed E-state index contributed by atoms with van der Waals surface area (Å²) in [5, 5.41) is 0. The standard InChI is InChI=1S/C13H16O4/c1-8-5-6-10(15-3)9(7-8)13(2)11(17-13)12(14)16-4/h5-7,11H,1-4H3. The molecular weight excluding hydrogens is 220 g/mol. The van der Waals surface area contributed by atoms with Gasteiger partial charge in [-0.1, -0.05) is 11.6 Å². The van der Waals surface area contributed by atoms with Gasteiger partial charge in [-0.25, -0.2) is 4.79 Å². The molecule has 1 aliphatic rings. The fraction of sp³-hybridized carbons (Fsp3) is 0.462. The van der Waals surface area contributed by atoms with Crippen LogP contribution in [-0.4, -0.2) is 26.3 Å². The van der Waals surface area contributed by atoms with Gasteiger partial charge in [-0.15, -0.1) is 0 Å². The lowest BCUT2D eigenvalue weighted by Gasteiger charge is -2.13. The third kappa shape index (κ3) is 1.89. The second-order valence-electron chi connectivity index (χ2n) is 4.33. The molecule has 4 heteroatoms. The average Bonchev–Trinajstić information content (AvgIpc) is 3.02. The quantitative estimate of drug-likeness (QED) is 0.593. The predicted octanol–water partition coefficient (Wildman–Crippen LogP) is 1.79. The Balaban J connectivity index is 2.35. The first-order valence-electron chi connectivity index (χ1n) is 5.43. The van der Waals surface area contributed by atoms with Gasteiger partial charge in [0, 0.05) is 5.56 Å². The summed E-state index contributed by atoms with van der Waals surface area (Å²) in [6, 6.07) is 5.81. The van der Waals surface area contributed by atoms with Gasteiger partial charge < -0.3 is 14.2 Å². The van der Waals surface area contributed by atoms with Crippen LogP contribution in [0.5, 0.6) is 5.75 Å². The molecule has 1 aliphatic heterocycles. The number of hydrogen-bond acceptors (Lipinski definition) is 4. The summed E-state index contributed by atoms with van der Waals surface area (Å²) in [6.07, 6.45) is -0.539. The van der Waals surface area contributed by atoms with Gasteiger partial charge in [0.1, 0.15) is 11.4 Å². The first-order chi connectivity index (χ1) is 8.02. The summed E-state index contributed by atoms with van der Waals surface area (Å²) in [5.74, 6) is 0.376. The van der Waals surface area contributed by atoms with Gasteiger partial charge in [-0.3, -0.25) is 0 Å². The Labute approximate surface area is 100 Å². The molecule has 92 valence electrons. The smallest absolute Gasteiger partial charge is 0.338 e. The molecule has 1 saturated heterocycles. The number of esters is 1. The minimum atomic E-state index is -0.634. The van der Waals surface area contributed by atoms with E-state index in [1.807, 2.05) is 32.0 Å². The molecule has 0 radical (unpaired) electrons. The molecule has 2 atom stereocenters. The highest BCUT2D eigenvalue weighted by atomic mass is 16.7. The van der Waals surface area contributed by atoms with Gasteiger partial charge in [-0.2, -0.15) is 0 Å². The lowest BCUT2D eigenvalue weighted by molar-refractivity contribution is -0.142. The third-order valence-corrected chi connectivity index (χ3v) is 3.11. The van der Waals surface area contributed by atoms with Crippen molar-refractivity contribution in [1.82, 2.24) is 0 Å². The Morgan fingerprint density at radius 2 is 2.12 bits per heavy atom. The molecule has 4 nitrogen and oxygen atoms in total. The number of carbonyl (C=O) groups is 1. The maximum absolute atomic E-state index is 11.5. The predicted molar refractivity (Wildman–Crippen MR) is 62.0 cm³/mol. The van der Waals surface area contributed by atoms with Crippen LogP contribution in [0, 0.1) is 6.92 Å². The minimum Gasteiger partial charge on any atom is -0.496 e. The molecule has 1 heterocycles. The highest BCUT2D eigenvalue weighted by Gasteiger charge is 2.60. The highest BCUT2D eigenvalue weighted by Crippen LogP contribution is 2.49. The summed E-state index contributed by atoms with van der Waals surface area (Å²) in [5.41, 5.74) is 1.35. The number of rotatable bonds is 3. The Morgan fingerprint density at radius 3 is 2.71 bits per heavy atom. The number of benzene rings is 1. The molecule has 2 unspecified atom stereocenters. The van der Waals surface area contributed by atoms with E-state index in [1.165, 1.54) is 7.11 Å². The zero-order valence-electron chi connectivity index (χ0n) is 10.4. The van der Waals surface area contributed by atoms with Crippen LogP contribution in [0.15, 0.2) is 18.2 Å². The lowest BCUT2D eigenvalue weighted by Crippen LogP contribution is -2.18.